The predicted molar refractivity (Wildman–Crippen MR) is 51.9 cm³/mol. The van der Waals surface area contributed by atoms with Gasteiger partial charge in [-0.05, 0) is 30.6 Å². The van der Waals surface area contributed by atoms with Crippen molar-refractivity contribution < 1.29 is 4.84 Å². The molecule has 1 heterocycles. The number of rotatable bonds is 3. The quantitative estimate of drug-likeness (QED) is 0.517. The molecular formula is C9H13NOS. The highest BCUT2D eigenvalue weighted by Crippen LogP contribution is 2.26. The van der Waals surface area contributed by atoms with Crippen LogP contribution >= 0.6 is 12.6 Å². The van der Waals surface area contributed by atoms with Crippen molar-refractivity contribution in [3.63, 3.8) is 0 Å². The third-order valence-corrected chi connectivity index (χ3v) is 2.50. The Bertz CT molecular complexity index is 231. The highest BCUT2D eigenvalue weighted by molar-refractivity contribution is 7.80. The van der Waals surface area contributed by atoms with Gasteiger partial charge in [0.15, 0.2) is 6.23 Å². The lowest BCUT2D eigenvalue weighted by atomic mass is 9.96. The van der Waals surface area contributed by atoms with E-state index >= 15 is 0 Å². The number of hydrogen-bond donors (Lipinski definition) is 2. The third-order valence-electron chi connectivity index (χ3n) is 2.27. The molecule has 0 aromatic carbocycles. The molecular weight excluding hydrogens is 170 g/mol. The molecule has 1 saturated heterocycles. The zero-order valence-electron chi connectivity index (χ0n) is 6.92. The second-order valence-corrected chi connectivity index (χ2v) is 3.60. The smallest absolute Gasteiger partial charge is 0.173 e. The summed E-state index contributed by atoms with van der Waals surface area (Å²) in [6.07, 6.45) is 8.03. The summed E-state index contributed by atoms with van der Waals surface area (Å²) >= 11 is 4.21. The number of hydroxylamine groups is 1. The molecule has 0 amide bonds. The third kappa shape index (κ3) is 1.91. The molecule has 2 nitrogen and oxygen atoms in total. The van der Waals surface area contributed by atoms with Gasteiger partial charge in [-0.2, -0.15) is 18.1 Å². The number of hydrogen-bond acceptors (Lipinski definition) is 3. The second-order valence-electron chi connectivity index (χ2n) is 3.16. The average Bonchev–Trinajstić information content (AvgIpc) is 2.89. The molecule has 1 aliphatic carbocycles. The Morgan fingerprint density at radius 2 is 2.33 bits per heavy atom. The molecule has 1 fully saturated rings. The summed E-state index contributed by atoms with van der Waals surface area (Å²) in [5.74, 6) is 0.952. The molecule has 0 aromatic rings. The van der Waals surface area contributed by atoms with E-state index < -0.39 is 0 Å². The van der Waals surface area contributed by atoms with Gasteiger partial charge in [0.05, 0.1) is 0 Å². The molecule has 3 heteroatoms. The molecule has 1 atom stereocenters. The van der Waals surface area contributed by atoms with Crippen molar-refractivity contribution in [2.75, 3.05) is 5.75 Å². The van der Waals surface area contributed by atoms with Gasteiger partial charge in [-0.25, -0.2) is 0 Å². The maximum Gasteiger partial charge on any atom is 0.173 e. The normalized spacial score (nSPS) is 27.9. The van der Waals surface area contributed by atoms with E-state index in [1.165, 1.54) is 17.6 Å². The van der Waals surface area contributed by atoms with Crippen molar-refractivity contribution in [3.8, 4) is 0 Å². The molecule has 0 radical (unpaired) electrons. The Kier molecular flexibility index (Phi) is 2.54. The number of allylic oxidation sites excluding steroid dienone is 3. The first-order chi connectivity index (χ1) is 5.90. The van der Waals surface area contributed by atoms with Gasteiger partial charge in [0, 0.05) is 0 Å². The Hall–Kier alpha value is -0.250. The van der Waals surface area contributed by atoms with Crippen LogP contribution in [0.1, 0.15) is 19.3 Å². The minimum absolute atomic E-state index is 0.221. The van der Waals surface area contributed by atoms with Crippen LogP contribution < -0.4 is 5.48 Å². The summed E-state index contributed by atoms with van der Waals surface area (Å²) in [5, 5.41) is 0. The summed E-state index contributed by atoms with van der Waals surface area (Å²) in [6, 6.07) is 0. The van der Waals surface area contributed by atoms with Crippen molar-refractivity contribution in [1.29, 1.82) is 0 Å². The van der Waals surface area contributed by atoms with Gasteiger partial charge < -0.3 is 0 Å². The summed E-state index contributed by atoms with van der Waals surface area (Å²) in [4.78, 5) is 4.98. The van der Waals surface area contributed by atoms with E-state index in [1.54, 1.807) is 0 Å². The highest BCUT2D eigenvalue weighted by atomic mass is 32.1. The minimum Gasteiger partial charge on any atom is -0.273 e. The van der Waals surface area contributed by atoms with Gasteiger partial charge in [0.2, 0.25) is 0 Å². The van der Waals surface area contributed by atoms with Crippen LogP contribution in [0.3, 0.4) is 0 Å². The van der Waals surface area contributed by atoms with E-state index in [2.05, 4.69) is 30.3 Å². The molecule has 0 saturated carbocycles. The van der Waals surface area contributed by atoms with Crippen LogP contribution in [0, 0.1) is 0 Å². The molecule has 1 unspecified atom stereocenters. The Balaban J connectivity index is 1.95. The van der Waals surface area contributed by atoms with E-state index in [9.17, 15) is 0 Å². The van der Waals surface area contributed by atoms with Crippen LogP contribution in [0.5, 0.6) is 0 Å². The zero-order valence-corrected chi connectivity index (χ0v) is 7.81. The van der Waals surface area contributed by atoms with Gasteiger partial charge in [-0.15, -0.1) is 0 Å². The maximum absolute atomic E-state index is 4.98. The molecule has 0 bridgehead atoms. The zero-order chi connectivity index (χ0) is 8.39. The average molecular weight is 183 g/mol. The molecule has 1 N–H and O–H groups in total. The molecule has 2 aliphatic rings. The first-order valence-corrected chi connectivity index (χ1v) is 4.94. The Morgan fingerprint density at radius 3 is 2.83 bits per heavy atom. The van der Waals surface area contributed by atoms with Crippen molar-refractivity contribution in [1.82, 2.24) is 5.48 Å². The summed E-state index contributed by atoms with van der Waals surface area (Å²) in [5.41, 5.74) is 5.72. The molecule has 0 aromatic heterocycles. The van der Waals surface area contributed by atoms with Crippen molar-refractivity contribution in [2.24, 2.45) is 0 Å². The van der Waals surface area contributed by atoms with Crippen molar-refractivity contribution in [2.45, 2.75) is 25.5 Å². The molecule has 2 rings (SSSR count). The van der Waals surface area contributed by atoms with E-state index in [-0.39, 0.29) is 6.23 Å². The van der Waals surface area contributed by atoms with Gasteiger partial charge in [-0.3, -0.25) is 4.84 Å². The molecule has 0 spiro atoms. The first-order valence-electron chi connectivity index (χ1n) is 4.30. The van der Waals surface area contributed by atoms with Crippen LogP contribution in [0.2, 0.25) is 0 Å². The van der Waals surface area contributed by atoms with Crippen LogP contribution in [0.4, 0.5) is 0 Å². The van der Waals surface area contributed by atoms with Crippen LogP contribution in [-0.4, -0.2) is 12.0 Å². The van der Waals surface area contributed by atoms with Gasteiger partial charge in [0.25, 0.3) is 0 Å². The molecule has 66 valence electrons. The topological polar surface area (TPSA) is 34.5 Å². The van der Waals surface area contributed by atoms with Crippen LogP contribution in [0.25, 0.3) is 0 Å². The second kappa shape index (κ2) is 3.64. The fraction of sp³-hybridized carbons (Fsp3) is 0.556. The first kappa shape index (κ1) is 8.35. The predicted octanol–water partition coefficient (Wildman–Crippen LogP) is 1.81. The summed E-state index contributed by atoms with van der Waals surface area (Å²) < 4.78 is 0. The van der Waals surface area contributed by atoms with Crippen molar-refractivity contribution >= 4 is 12.6 Å². The van der Waals surface area contributed by atoms with Gasteiger partial charge in [0.1, 0.15) is 0 Å². The van der Waals surface area contributed by atoms with Crippen molar-refractivity contribution in [3.05, 3.63) is 23.3 Å². The lowest BCUT2D eigenvalue weighted by Gasteiger charge is -2.11. The monoisotopic (exact) mass is 183 g/mol. The minimum atomic E-state index is 0.221. The largest absolute Gasteiger partial charge is 0.273 e. The molecule has 12 heavy (non-hydrogen) atoms. The maximum atomic E-state index is 4.98. The van der Waals surface area contributed by atoms with E-state index in [0.29, 0.717) is 0 Å². The standard InChI is InChI=1S/C9H13NOS/c12-6-5-7-1-3-8(4-2-7)9-10-11-9/h1,3,9-10,12H,2,4-6H2. The highest BCUT2D eigenvalue weighted by Gasteiger charge is 2.27. The fourth-order valence-corrected chi connectivity index (χ4v) is 1.74. The number of thiol groups is 1. The molecule has 1 aliphatic heterocycles. The van der Waals surface area contributed by atoms with Crippen LogP contribution in [-0.2, 0) is 4.84 Å². The summed E-state index contributed by atoms with van der Waals surface area (Å²) in [6.45, 7) is 0. The number of nitrogens with one attached hydrogen (secondary N) is 1. The van der Waals surface area contributed by atoms with Crippen LogP contribution in [0.15, 0.2) is 23.3 Å². The van der Waals surface area contributed by atoms with Gasteiger partial charge in [-0.1, -0.05) is 17.7 Å². The van der Waals surface area contributed by atoms with E-state index in [4.69, 9.17) is 4.84 Å². The lowest BCUT2D eigenvalue weighted by Crippen LogP contribution is -2.01. The summed E-state index contributed by atoms with van der Waals surface area (Å²) in [7, 11) is 0. The fourth-order valence-electron chi connectivity index (χ4n) is 1.45. The van der Waals surface area contributed by atoms with E-state index in [1.807, 2.05) is 0 Å². The van der Waals surface area contributed by atoms with E-state index in [0.717, 1.165) is 18.6 Å². The lowest BCUT2D eigenvalue weighted by molar-refractivity contribution is 0.382. The Morgan fingerprint density at radius 1 is 1.50 bits per heavy atom. The van der Waals surface area contributed by atoms with Gasteiger partial charge >= 0.3 is 0 Å². The Labute approximate surface area is 78.0 Å². The SMILES string of the molecule is SCCC1=CC=C(C2NO2)CC1.